The second-order valence-corrected chi connectivity index (χ2v) is 7.46. The fraction of sp³-hybridized carbons (Fsp3) is 0.391. The number of likely N-dealkylation sites (tertiary alicyclic amines) is 1. The van der Waals surface area contributed by atoms with E-state index in [2.05, 4.69) is 4.99 Å². The van der Waals surface area contributed by atoms with Gasteiger partial charge in [-0.05, 0) is 36.8 Å². The molecule has 4 heteroatoms. The molecular formula is C23H28N2O2. The van der Waals surface area contributed by atoms with E-state index >= 15 is 0 Å². The zero-order chi connectivity index (χ0) is 19.2. The van der Waals surface area contributed by atoms with Crippen molar-refractivity contribution in [3.05, 3.63) is 54.1 Å². The topological polar surface area (TPSA) is 52.9 Å². The van der Waals surface area contributed by atoms with Crippen LogP contribution in [-0.4, -0.2) is 41.3 Å². The van der Waals surface area contributed by atoms with Gasteiger partial charge in [-0.15, -0.1) is 0 Å². The minimum absolute atomic E-state index is 0.0969. The van der Waals surface area contributed by atoms with Crippen LogP contribution in [0.3, 0.4) is 0 Å². The van der Waals surface area contributed by atoms with Gasteiger partial charge in [-0.3, -0.25) is 9.79 Å². The molecule has 2 aromatic carbocycles. The summed E-state index contributed by atoms with van der Waals surface area (Å²) in [5, 5.41) is 10.7. The SMILES string of the molecule is CC(C)C(N=Cc1cccc(-c2ccccc2)c1O)C(=O)N1CCCCC1. The van der Waals surface area contributed by atoms with Crippen molar-refractivity contribution in [2.75, 3.05) is 13.1 Å². The summed E-state index contributed by atoms with van der Waals surface area (Å²) in [6.45, 7) is 5.69. The second kappa shape index (κ2) is 8.85. The van der Waals surface area contributed by atoms with E-state index in [1.165, 1.54) is 6.42 Å². The number of carbonyl (C=O) groups is 1. The minimum atomic E-state index is -0.414. The summed E-state index contributed by atoms with van der Waals surface area (Å²) in [5.41, 5.74) is 2.35. The lowest BCUT2D eigenvalue weighted by Gasteiger charge is -2.30. The van der Waals surface area contributed by atoms with Gasteiger partial charge in [-0.25, -0.2) is 0 Å². The van der Waals surface area contributed by atoms with Crippen LogP contribution >= 0.6 is 0 Å². The summed E-state index contributed by atoms with van der Waals surface area (Å²) in [6.07, 6.45) is 4.98. The minimum Gasteiger partial charge on any atom is -0.507 e. The first kappa shape index (κ1) is 19.2. The van der Waals surface area contributed by atoms with Crippen LogP contribution < -0.4 is 0 Å². The van der Waals surface area contributed by atoms with Crippen molar-refractivity contribution in [1.82, 2.24) is 4.90 Å². The summed E-state index contributed by atoms with van der Waals surface area (Å²) < 4.78 is 0. The molecule has 27 heavy (non-hydrogen) atoms. The third-order valence-electron chi connectivity index (χ3n) is 5.08. The van der Waals surface area contributed by atoms with Crippen molar-refractivity contribution in [3.63, 3.8) is 0 Å². The highest BCUT2D eigenvalue weighted by molar-refractivity contribution is 5.91. The lowest BCUT2D eigenvalue weighted by atomic mass is 10.0. The zero-order valence-corrected chi connectivity index (χ0v) is 16.1. The Morgan fingerprint density at radius 3 is 2.41 bits per heavy atom. The standard InChI is InChI=1S/C23H28N2O2/c1-17(2)21(23(27)25-14-7-4-8-15-25)24-16-19-12-9-13-20(22(19)26)18-10-5-3-6-11-18/h3,5-6,9-13,16-17,21,26H,4,7-8,14-15H2,1-2H3. The largest absolute Gasteiger partial charge is 0.507 e. The third kappa shape index (κ3) is 4.57. The number of rotatable bonds is 5. The van der Waals surface area contributed by atoms with E-state index in [9.17, 15) is 9.90 Å². The van der Waals surface area contributed by atoms with Crippen molar-refractivity contribution >= 4 is 12.1 Å². The number of phenols is 1. The molecule has 2 aromatic rings. The Morgan fingerprint density at radius 2 is 1.74 bits per heavy atom. The molecule has 1 unspecified atom stereocenters. The van der Waals surface area contributed by atoms with Crippen LogP contribution in [-0.2, 0) is 4.79 Å². The Morgan fingerprint density at radius 1 is 1.04 bits per heavy atom. The Bertz CT molecular complexity index is 793. The molecular weight excluding hydrogens is 336 g/mol. The van der Waals surface area contributed by atoms with Gasteiger partial charge in [0.25, 0.3) is 0 Å². The number of amides is 1. The van der Waals surface area contributed by atoms with Crippen molar-refractivity contribution in [2.45, 2.75) is 39.2 Å². The number of benzene rings is 2. The average molecular weight is 364 g/mol. The Kier molecular flexibility index (Phi) is 6.28. The Hall–Kier alpha value is -2.62. The summed E-state index contributed by atoms with van der Waals surface area (Å²) in [4.78, 5) is 19.4. The number of nitrogens with zero attached hydrogens (tertiary/aromatic N) is 2. The van der Waals surface area contributed by atoms with E-state index in [0.717, 1.165) is 37.1 Å². The van der Waals surface area contributed by atoms with Crippen molar-refractivity contribution < 1.29 is 9.90 Å². The molecule has 1 aliphatic rings. The van der Waals surface area contributed by atoms with Crippen LogP contribution in [0.1, 0.15) is 38.7 Å². The van der Waals surface area contributed by atoms with Crippen LogP contribution in [0, 0.1) is 5.92 Å². The fourth-order valence-corrected chi connectivity index (χ4v) is 3.50. The molecule has 1 N–H and O–H groups in total. The molecule has 1 aliphatic heterocycles. The molecule has 142 valence electrons. The molecule has 0 aliphatic carbocycles. The monoisotopic (exact) mass is 364 g/mol. The van der Waals surface area contributed by atoms with Gasteiger partial charge < -0.3 is 10.0 Å². The number of hydrogen-bond donors (Lipinski definition) is 1. The number of para-hydroxylation sites is 1. The number of carbonyl (C=O) groups excluding carboxylic acids is 1. The molecule has 4 nitrogen and oxygen atoms in total. The normalized spacial score (nSPS) is 16.0. The molecule has 1 amide bonds. The molecule has 3 rings (SSSR count). The molecule has 0 aromatic heterocycles. The van der Waals surface area contributed by atoms with E-state index in [0.29, 0.717) is 5.56 Å². The van der Waals surface area contributed by atoms with E-state index < -0.39 is 6.04 Å². The van der Waals surface area contributed by atoms with Crippen LogP contribution in [0.15, 0.2) is 53.5 Å². The number of aliphatic imine (C=N–C) groups is 1. The van der Waals surface area contributed by atoms with Crippen molar-refractivity contribution in [1.29, 1.82) is 0 Å². The number of hydrogen-bond acceptors (Lipinski definition) is 3. The van der Waals surface area contributed by atoms with E-state index in [-0.39, 0.29) is 17.6 Å². The Balaban J connectivity index is 1.83. The van der Waals surface area contributed by atoms with Gasteiger partial charge in [0.15, 0.2) is 0 Å². The number of piperidine rings is 1. The summed E-state index contributed by atoms with van der Waals surface area (Å²) in [7, 11) is 0. The molecule has 1 fully saturated rings. The summed E-state index contributed by atoms with van der Waals surface area (Å²) >= 11 is 0. The van der Waals surface area contributed by atoms with Gasteiger partial charge in [0, 0.05) is 30.4 Å². The maximum absolute atomic E-state index is 12.9. The molecule has 1 atom stereocenters. The highest BCUT2D eigenvalue weighted by Gasteiger charge is 2.27. The number of phenolic OH excluding ortho intramolecular Hbond substituents is 1. The quantitative estimate of drug-likeness (QED) is 0.793. The van der Waals surface area contributed by atoms with Crippen LogP contribution in [0.2, 0.25) is 0 Å². The first-order chi connectivity index (χ1) is 13.1. The van der Waals surface area contributed by atoms with Crippen LogP contribution in [0.4, 0.5) is 0 Å². The molecule has 0 saturated carbocycles. The molecule has 1 heterocycles. The van der Waals surface area contributed by atoms with Gasteiger partial charge in [-0.2, -0.15) is 0 Å². The first-order valence-corrected chi connectivity index (χ1v) is 9.77. The van der Waals surface area contributed by atoms with E-state index in [1.807, 2.05) is 67.3 Å². The molecule has 0 bridgehead atoms. The number of aromatic hydroxyl groups is 1. The fourth-order valence-electron chi connectivity index (χ4n) is 3.50. The van der Waals surface area contributed by atoms with Crippen LogP contribution in [0.25, 0.3) is 11.1 Å². The van der Waals surface area contributed by atoms with Gasteiger partial charge in [0.1, 0.15) is 11.8 Å². The second-order valence-electron chi connectivity index (χ2n) is 7.46. The lowest BCUT2D eigenvalue weighted by molar-refractivity contribution is -0.134. The highest BCUT2D eigenvalue weighted by Crippen LogP contribution is 2.31. The van der Waals surface area contributed by atoms with E-state index in [4.69, 9.17) is 0 Å². The molecule has 1 saturated heterocycles. The van der Waals surface area contributed by atoms with Crippen molar-refractivity contribution in [2.24, 2.45) is 10.9 Å². The summed E-state index contributed by atoms with van der Waals surface area (Å²) in [5.74, 6) is 0.398. The molecule has 0 radical (unpaired) electrons. The van der Waals surface area contributed by atoms with E-state index in [1.54, 1.807) is 6.21 Å². The van der Waals surface area contributed by atoms with Gasteiger partial charge in [-0.1, -0.05) is 56.3 Å². The predicted molar refractivity (Wildman–Crippen MR) is 110 cm³/mol. The highest BCUT2D eigenvalue weighted by atomic mass is 16.3. The molecule has 0 spiro atoms. The van der Waals surface area contributed by atoms with Crippen molar-refractivity contribution in [3.8, 4) is 16.9 Å². The predicted octanol–water partition coefficient (Wildman–Crippen LogP) is 4.52. The van der Waals surface area contributed by atoms with Crippen LogP contribution in [0.5, 0.6) is 5.75 Å². The summed E-state index contributed by atoms with van der Waals surface area (Å²) in [6, 6.07) is 15.0. The average Bonchev–Trinajstić information content (AvgIpc) is 2.70. The van der Waals surface area contributed by atoms with Gasteiger partial charge in [0.2, 0.25) is 5.91 Å². The lowest BCUT2D eigenvalue weighted by Crippen LogP contribution is -2.43. The maximum Gasteiger partial charge on any atom is 0.247 e. The van der Waals surface area contributed by atoms with Gasteiger partial charge in [0.05, 0.1) is 0 Å². The third-order valence-corrected chi connectivity index (χ3v) is 5.08. The van der Waals surface area contributed by atoms with Gasteiger partial charge >= 0.3 is 0 Å². The smallest absolute Gasteiger partial charge is 0.247 e. The maximum atomic E-state index is 12.9. The Labute approximate surface area is 161 Å². The first-order valence-electron chi connectivity index (χ1n) is 9.77. The zero-order valence-electron chi connectivity index (χ0n) is 16.1.